The highest BCUT2D eigenvalue weighted by Crippen LogP contribution is 2.31. The van der Waals surface area contributed by atoms with E-state index in [1.165, 1.54) is 13.8 Å². The molecule has 92 valence electrons. The van der Waals surface area contributed by atoms with Crippen molar-refractivity contribution in [1.29, 1.82) is 0 Å². The van der Waals surface area contributed by atoms with Crippen LogP contribution in [-0.2, 0) is 6.18 Å². The Bertz CT molecular complexity index is 472. The summed E-state index contributed by atoms with van der Waals surface area (Å²) < 4.78 is 50.0. The average molecular weight is 246 g/mol. The monoisotopic (exact) mass is 246 g/mol. The maximum atomic E-state index is 12.9. The molecule has 0 aliphatic heterocycles. The second kappa shape index (κ2) is 4.38. The third kappa shape index (κ3) is 4.08. The lowest BCUT2D eigenvalue weighted by Gasteiger charge is -2.08. The summed E-state index contributed by atoms with van der Waals surface area (Å²) >= 11 is 0. The molecule has 0 amide bonds. The maximum Gasteiger partial charge on any atom is 0.419 e. The zero-order chi connectivity index (χ0) is 13.3. The van der Waals surface area contributed by atoms with E-state index in [0.717, 1.165) is 6.07 Å². The molecular formula is C12H10F4O. The molecule has 1 N–H and O–H groups in total. The molecule has 0 fully saturated rings. The van der Waals surface area contributed by atoms with Crippen LogP contribution in [0.25, 0.3) is 0 Å². The second-order valence-electron chi connectivity index (χ2n) is 4.00. The third-order valence-electron chi connectivity index (χ3n) is 1.78. The van der Waals surface area contributed by atoms with Gasteiger partial charge in [-0.05, 0) is 32.0 Å². The van der Waals surface area contributed by atoms with Gasteiger partial charge in [-0.1, -0.05) is 11.8 Å². The lowest BCUT2D eigenvalue weighted by atomic mass is 10.1. The topological polar surface area (TPSA) is 20.2 Å². The van der Waals surface area contributed by atoms with Crippen LogP contribution in [-0.4, -0.2) is 10.7 Å². The predicted molar refractivity (Wildman–Crippen MR) is 54.6 cm³/mol. The van der Waals surface area contributed by atoms with Gasteiger partial charge < -0.3 is 5.11 Å². The standard InChI is InChI=1S/C12H10F4O/c1-11(2,17)6-5-8-3-4-10(13)9(7-8)12(14,15)16/h3-4,7,17H,1-2H3. The van der Waals surface area contributed by atoms with Gasteiger partial charge >= 0.3 is 6.18 Å². The molecule has 1 aromatic rings. The van der Waals surface area contributed by atoms with E-state index in [4.69, 9.17) is 0 Å². The van der Waals surface area contributed by atoms with Crippen molar-refractivity contribution in [2.45, 2.75) is 25.6 Å². The van der Waals surface area contributed by atoms with E-state index < -0.39 is 23.2 Å². The molecule has 0 saturated heterocycles. The van der Waals surface area contributed by atoms with Crippen LogP contribution < -0.4 is 0 Å². The number of benzene rings is 1. The van der Waals surface area contributed by atoms with E-state index in [1.807, 2.05) is 0 Å². The number of hydrogen-bond acceptors (Lipinski definition) is 1. The maximum absolute atomic E-state index is 12.9. The van der Waals surface area contributed by atoms with Crippen LogP contribution in [0, 0.1) is 17.7 Å². The Morgan fingerprint density at radius 2 is 1.76 bits per heavy atom. The molecule has 1 nitrogen and oxygen atoms in total. The molecule has 0 aromatic heterocycles. The molecule has 0 bridgehead atoms. The Morgan fingerprint density at radius 3 is 2.24 bits per heavy atom. The minimum absolute atomic E-state index is 0.000787. The molecule has 0 unspecified atom stereocenters. The zero-order valence-corrected chi connectivity index (χ0v) is 9.19. The molecule has 0 aliphatic rings. The van der Waals surface area contributed by atoms with Crippen molar-refractivity contribution in [3.63, 3.8) is 0 Å². The summed E-state index contributed by atoms with van der Waals surface area (Å²) in [6.07, 6.45) is -4.75. The molecule has 0 spiro atoms. The van der Waals surface area contributed by atoms with Crippen LogP contribution in [0.3, 0.4) is 0 Å². The summed E-state index contributed by atoms with van der Waals surface area (Å²) in [6.45, 7) is 2.79. The van der Waals surface area contributed by atoms with Crippen LogP contribution in [0.15, 0.2) is 18.2 Å². The van der Waals surface area contributed by atoms with Crippen LogP contribution in [0.5, 0.6) is 0 Å². The minimum Gasteiger partial charge on any atom is -0.378 e. The van der Waals surface area contributed by atoms with Gasteiger partial charge in [-0.15, -0.1) is 0 Å². The first-order valence-corrected chi connectivity index (χ1v) is 4.72. The fourth-order valence-electron chi connectivity index (χ4n) is 1.05. The SMILES string of the molecule is CC(C)(O)C#Cc1ccc(F)c(C(F)(F)F)c1. The summed E-state index contributed by atoms with van der Waals surface area (Å²) in [5, 5.41) is 9.29. The van der Waals surface area contributed by atoms with Crippen LogP contribution in [0.2, 0.25) is 0 Å². The summed E-state index contributed by atoms with van der Waals surface area (Å²) in [4.78, 5) is 0. The Labute approximate surface area is 96.1 Å². The van der Waals surface area contributed by atoms with Crippen molar-refractivity contribution < 1.29 is 22.7 Å². The molecule has 0 atom stereocenters. The molecule has 0 heterocycles. The molecule has 5 heteroatoms. The summed E-state index contributed by atoms with van der Waals surface area (Å²) in [7, 11) is 0. The number of hydrogen-bond donors (Lipinski definition) is 1. The zero-order valence-electron chi connectivity index (χ0n) is 9.19. The van der Waals surface area contributed by atoms with Gasteiger partial charge in [0.2, 0.25) is 0 Å². The highest BCUT2D eigenvalue weighted by atomic mass is 19.4. The Hall–Kier alpha value is -1.54. The first-order valence-electron chi connectivity index (χ1n) is 4.72. The molecule has 0 aliphatic carbocycles. The van der Waals surface area contributed by atoms with E-state index >= 15 is 0 Å². The van der Waals surface area contributed by atoms with Gasteiger partial charge in [-0.2, -0.15) is 13.2 Å². The molecule has 1 aromatic carbocycles. The number of halogens is 4. The van der Waals surface area contributed by atoms with Crippen molar-refractivity contribution in [1.82, 2.24) is 0 Å². The number of alkyl halides is 3. The molecular weight excluding hydrogens is 236 g/mol. The average Bonchev–Trinajstić information content (AvgIpc) is 2.13. The van der Waals surface area contributed by atoms with Crippen molar-refractivity contribution in [2.75, 3.05) is 0 Å². The van der Waals surface area contributed by atoms with Crippen LogP contribution in [0.1, 0.15) is 25.0 Å². The smallest absolute Gasteiger partial charge is 0.378 e. The Balaban J connectivity index is 3.17. The predicted octanol–water partition coefficient (Wildman–Crippen LogP) is 2.97. The van der Waals surface area contributed by atoms with Crippen LogP contribution >= 0.6 is 0 Å². The van der Waals surface area contributed by atoms with Gasteiger partial charge in [0.25, 0.3) is 0 Å². The van der Waals surface area contributed by atoms with Gasteiger partial charge in [0.15, 0.2) is 0 Å². The van der Waals surface area contributed by atoms with Crippen molar-refractivity contribution in [3.05, 3.63) is 35.1 Å². The van der Waals surface area contributed by atoms with Gasteiger partial charge in [0.1, 0.15) is 11.4 Å². The third-order valence-corrected chi connectivity index (χ3v) is 1.78. The summed E-state index contributed by atoms with van der Waals surface area (Å²) in [5.41, 5.74) is -2.67. The Morgan fingerprint density at radius 1 is 1.18 bits per heavy atom. The lowest BCUT2D eigenvalue weighted by molar-refractivity contribution is -0.140. The van der Waals surface area contributed by atoms with E-state index in [9.17, 15) is 22.7 Å². The minimum atomic E-state index is -4.75. The fraction of sp³-hybridized carbons (Fsp3) is 0.333. The summed E-state index contributed by atoms with van der Waals surface area (Å²) in [5.74, 6) is 3.37. The highest BCUT2D eigenvalue weighted by Gasteiger charge is 2.34. The number of rotatable bonds is 0. The van der Waals surface area contributed by atoms with Gasteiger partial charge in [-0.25, -0.2) is 4.39 Å². The normalized spacial score (nSPS) is 11.9. The second-order valence-corrected chi connectivity index (χ2v) is 4.00. The number of aliphatic hydroxyl groups is 1. The van der Waals surface area contributed by atoms with Crippen LogP contribution in [0.4, 0.5) is 17.6 Å². The van der Waals surface area contributed by atoms with E-state index in [0.29, 0.717) is 12.1 Å². The van der Waals surface area contributed by atoms with Crippen molar-refractivity contribution >= 4 is 0 Å². The summed E-state index contributed by atoms with van der Waals surface area (Å²) in [6, 6.07) is 2.45. The van der Waals surface area contributed by atoms with Gasteiger partial charge in [0, 0.05) is 5.56 Å². The first-order chi connectivity index (χ1) is 7.59. The molecule has 17 heavy (non-hydrogen) atoms. The molecule has 1 rings (SSSR count). The highest BCUT2D eigenvalue weighted by molar-refractivity contribution is 5.39. The lowest BCUT2D eigenvalue weighted by Crippen LogP contribution is -2.14. The Kier molecular flexibility index (Phi) is 3.48. The van der Waals surface area contributed by atoms with E-state index in [-0.39, 0.29) is 5.56 Å². The largest absolute Gasteiger partial charge is 0.419 e. The van der Waals surface area contributed by atoms with Gasteiger partial charge in [0.05, 0.1) is 5.56 Å². The van der Waals surface area contributed by atoms with Crippen molar-refractivity contribution in [2.24, 2.45) is 0 Å². The molecule has 0 saturated carbocycles. The quantitative estimate of drug-likeness (QED) is 0.551. The van der Waals surface area contributed by atoms with E-state index in [1.54, 1.807) is 0 Å². The van der Waals surface area contributed by atoms with E-state index in [2.05, 4.69) is 11.8 Å². The first kappa shape index (κ1) is 13.5. The van der Waals surface area contributed by atoms with Gasteiger partial charge in [-0.3, -0.25) is 0 Å². The van der Waals surface area contributed by atoms with Crippen molar-refractivity contribution in [3.8, 4) is 11.8 Å². The molecule has 0 radical (unpaired) electrons. The fourth-order valence-corrected chi connectivity index (χ4v) is 1.05.